The van der Waals surface area contributed by atoms with E-state index in [0.29, 0.717) is 17.6 Å². The zero-order valence-corrected chi connectivity index (χ0v) is 11.2. The van der Waals surface area contributed by atoms with Gasteiger partial charge in [0.1, 0.15) is 0 Å². The molecule has 1 fully saturated rings. The summed E-state index contributed by atoms with van der Waals surface area (Å²) in [6.07, 6.45) is 4.42. The van der Waals surface area contributed by atoms with Gasteiger partial charge in [0.2, 0.25) is 0 Å². The Kier molecular flexibility index (Phi) is 4.03. The van der Waals surface area contributed by atoms with Crippen molar-refractivity contribution in [2.45, 2.75) is 37.8 Å². The zero-order chi connectivity index (χ0) is 12.3. The lowest BCUT2D eigenvalue weighted by atomic mass is 9.91. The van der Waals surface area contributed by atoms with E-state index >= 15 is 0 Å². The minimum atomic E-state index is 0.373. The molecule has 0 amide bonds. The van der Waals surface area contributed by atoms with Gasteiger partial charge in [-0.3, -0.25) is 0 Å². The average molecular weight is 294 g/mol. The van der Waals surface area contributed by atoms with E-state index in [1.54, 1.807) is 0 Å². The number of hydrogen-bond acceptors (Lipinski definition) is 3. The van der Waals surface area contributed by atoms with Gasteiger partial charge in [-0.1, -0.05) is 0 Å². The highest BCUT2D eigenvalue weighted by Crippen LogP contribution is 2.27. The number of halogens is 1. The third kappa shape index (κ3) is 3.21. The van der Waals surface area contributed by atoms with Crippen molar-refractivity contribution in [3.63, 3.8) is 0 Å². The van der Waals surface area contributed by atoms with E-state index in [0.717, 1.165) is 35.8 Å². The normalized spacial score (nSPS) is 24.1. The summed E-state index contributed by atoms with van der Waals surface area (Å²) in [7, 11) is 0. The van der Waals surface area contributed by atoms with Gasteiger partial charge in [-0.2, -0.15) is 5.26 Å². The molecule has 3 nitrogen and oxygen atoms in total. The summed E-state index contributed by atoms with van der Waals surface area (Å²) in [5.41, 5.74) is 7.62. The van der Waals surface area contributed by atoms with Crippen LogP contribution in [-0.4, -0.2) is 12.1 Å². The van der Waals surface area contributed by atoms with E-state index in [1.165, 1.54) is 0 Å². The molecular formula is C13H16BrN3. The maximum atomic E-state index is 8.80. The summed E-state index contributed by atoms with van der Waals surface area (Å²) in [4.78, 5) is 0. The molecule has 0 radical (unpaired) electrons. The Hall–Kier alpha value is -1.05. The van der Waals surface area contributed by atoms with Gasteiger partial charge in [0.05, 0.1) is 11.6 Å². The van der Waals surface area contributed by atoms with Gasteiger partial charge in [-0.25, -0.2) is 0 Å². The van der Waals surface area contributed by atoms with E-state index in [2.05, 4.69) is 27.3 Å². The number of hydrogen-bond donors (Lipinski definition) is 2. The molecule has 1 aromatic rings. The molecule has 0 saturated heterocycles. The second-order valence-corrected chi connectivity index (χ2v) is 5.42. The molecule has 0 bridgehead atoms. The second-order valence-electron chi connectivity index (χ2n) is 4.56. The van der Waals surface area contributed by atoms with Crippen molar-refractivity contribution in [3.05, 3.63) is 28.2 Å². The SMILES string of the molecule is N#Cc1ccc(NC2CCC(N)CC2)c(Br)c1. The first-order valence-electron chi connectivity index (χ1n) is 5.91. The lowest BCUT2D eigenvalue weighted by Gasteiger charge is -2.28. The summed E-state index contributed by atoms with van der Waals surface area (Å²) < 4.78 is 0.950. The Balaban J connectivity index is 2.02. The largest absolute Gasteiger partial charge is 0.381 e. The summed E-state index contributed by atoms with van der Waals surface area (Å²) in [6, 6.07) is 8.64. The molecule has 0 unspecified atom stereocenters. The Morgan fingerprint density at radius 2 is 2.00 bits per heavy atom. The molecule has 1 aliphatic carbocycles. The summed E-state index contributed by atoms with van der Waals surface area (Å²) in [5.74, 6) is 0. The standard InChI is InChI=1S/C13H16BrN3/c14-12-7-9(8-15)1-6-13(12)17-11-4-2-10(16)3-5-11/h1,6-7,10-11,17H,2-5,16H2. The van der Waals surface area contributed by atoms with Gasteiger partial charge >= 0.3 is 0 Å². The summed E-state index contributed by atoms with van der Waals surface area (Å²) in [5, 5.41) is 12.3. The highest BCUT2D eigenvalue weighted by molar-refractivity contribution is 9.10. The van der Waals surface area contributed by atoms with Crippen LogP contribution in [0.15, 0.2) is 22.7 Å². The Labute approximate surface area is 110 Å². The number of rotatable bonds is 2. The fourth-order valence-electron chi connectivity index (χ4n) is 2.19. The summed E-state index contributed by atoms with van der Waals surface area (Å²) >= 11 is 3.49. The van der Waals surface area contributed by atoms with Crippen LogP contribution < -0.4 is 11.1 Å². The predicted molar refractivity (Wildman–Crippen MR) is 72.7 cm³/mol. The zero-order valence-electron chi connectivity index (χ0n) is 9.62. The smallest absolute Gasteiger partial charge is 0.0992 e. The molecule has 0 aliphatic heterocycles. The monoisotopic (exact) mass is 293 g/mol. The van der Waals surface area contributed by atoms with Crippen LogP contribution in [-0.2, 0) is 0 Å². The van der Waals surface area contributed by atoms with Gasteiger partial charge in [-0.05, 0) is 59.8 Å². The topological polar surface area (TPSA) is 61.8 Å². The molecular weight excluding hydrogens is 278 g/mol. The highest BCUT2D eigenvalue weighted by atomic mass is 79.9. The third-order valence-electron chi connectivity index (χ3n) is 3.23. The molecule has 3 N–H and O–H groups in total. The first kappa shape index (κ1) is 12.4. The molecule has 2 rings (SSSR count). The molecule has 1 aliphatic rings. The van der Waals surface area contributed by atoms with Crippen molar-refractivity contribution in [2.75, 3.05) is 5.32 Å². The Morgan fingerprint density at radius 3 is 2.59 bits per heavy atom. The maximum Gasteiger partial charge on any atom is 0.0992 e. The molecule has 0 spiro atoms. The molecule has 0 aromatic heterocycles. The molecule has 1 aromatic carbocycles. The Morgan fingerprint density at radius 1 is 1.29 bits per heavy atom. The van der Waals surface area contributed by atoms with Crippen LogP contribution in [0.4, 0.5) is 5.69 Å². The average Bonchev–Trinajstić information content (AvgIpc) is 2.34. The van der Waals surface area contributed by atoms with Crippen molar-refractivity contribution in [1.82, 2.24) is 0 Å². The number of nitrogens with zero attached hydrogens (tertiary/aromatic N) is 1. The van der Waals surface area contributed by atoms with E-state index in [9.17, 15) is 0 Å². The molecule has 0 heterocycles. The Bertz CT molecular complexity index is 431. The maximum absolute atomic E-state index is 8.80. The summed E-state index contributed by atoms with van der Waals surface area (Å²) in [6.45, 7) is 0. The molecule has 90 valence electrons. The lowest BCUT2D eigenvalue weighted by Crippen LogP contribution is -2.32. The van der Waals surface area contributed by atoms with Gasteiger partial charge in [0, 0.05) is 22.2 Å². The lowest BCUT2D eigenvalue weighted by molar-refractivity contribution is 0.411. The van der Waals surface area contributed by atoms with Crippen LogP contribution in [0.3, 0.4) is 0 Å². The highest BCUT2D eigenvalue weighted by Gasteiger charge is 2.18. The van der Waals surface area contributed by atoms with Crippen LogP contribution in [0.25, 0.3) is 0 Å². The number of nitrogens with two attached hydrogens (primary N) is 1. The van der Waals surface area contributed by atoms with Crippen molar-refractivity contribution in [1.29, 1.82) is 5.26 Å². The van der Waals surface area contributed by atoms with Crippen LogP contribution in [0.2, 0.25) is 0 Å². The number of nitrogens with one attached hydrogen (secondary N) is 1. The molecule has 1 saturated carbocycles. The molecule has 0 atom stereocenters. The van der Waals surface area contributed by atoms with Crippen LogP contribution >= 0.6 is 15.9 Å². The van der Waals surface area contributed by atoms with Gasteiger partial charge in [-0.15, -0.1) is 0 Å². The van der Waals surface area contributed by atoms with Crippen molar-refractivity contribution in [3.8, 4) is 6.07 Å². The fraction of sp³-hybridized carbons (Fsp3) is 0.462. The van der Waals surface area contributed by atoms with Gasteiger partial charge in [0.25, 0.3) is 0 Å². The first-order valence-corrected chi connectivity index (χ1v) is 6.70. The van der Waals surface area contributed by atoms with Crippen molar-refractivity contribution in [2.24, 2.45) is 5.73 Å². The van der Waals surface area contributed by atoms with Crippen LogP contribution in [0.1, 0.15) is 31.2 Å². The molecule has 4 heteroatoms. The van der Waals surface area contributed by atoms with Crippen molar-refractivity contribution < 1.29 is 0 Å². The predicted octanol–water partition coefficient (Wildman–Crippen LogP) is 3.00. The minimum absolute atomic E-state index is 0.373. The van der Waals surface area contributed by atoms with Gasteiger partial charge in [0.15, 0.2) is 0 Å². The van der Waals surface area contributed by atoms with Crippen LogP contribution in [0, 0.1) is 11.3 Å². The van der Waals surface area contributed by atoms with E-state index in [4.69, 9.17) is 11.0 Å². The first-order chi connectivity index (χ1) is 8.19. The van der Waals surface area contributed by atoms with E-state index in [1.807, 2.05) is 18.2 Å². The van der Waals surface area contributed by atoms with E-state index < -0.39 is 0 Å². The third-order valence-corrected chi connectivity index (χ3v) is 3.89. The number of nitriles is 1. The molecule has 17 heavy (non-hydrogen) atoms. The van der Waals surface area contributed by atoms with E-state index in [-0.39, 0.29) is 0 Å². The van der Waals surface area contributed by atoms with Gasteiger partial charge < -0.3 is 11.1 Å². The fourth-order valence-corrected chi connectivity index (χ4v) is 2.68. The van der Waals surface area contributed by atoms with Crippen molar-refractivity contribution >= 4 is 21.6 Å². The van der Waals surface area contributed by atoms with Crippen LogP contribution in [0.5, 0.6) is 0 Å². The quantitative estimate of drug-likeness (QED) is 0.881. The minimum Gasteiger partial charge on any atom is -0.381 e. The number of benzene rings is 1. The number of anilines is 1. The second kappa shape index (κ2) is 5.52.